The molecule has 1 aliphatic heterocycles. The number of nitrogens with zero attached hydrogens (tertiary/aromatic N) is 4. The number of aryl methyl sites for hydroxylation is 1. The third kappa shape index (κ3) is 9.05. The number of aromatic nitrogens is 3. The van der Waals surface area contributed by atoms with Gasteiger partial charge in [-0.15, -0.1) is 0 Å². The number of pyridine rings is 1. The molecule has 3 aromatic carbocycles. The first-order valence-corrected chi connectivity index (χ1v) is 18.1. The third-order valence-corrected chi connectivity index (χ3v) is 9.41. The van der Waals surface area contributed by atoms with Gasteiger partial charge in [0.1, 0.15) is 48.1 Å². The van der Waals surface area contributed by atoms with E-state index in [-0.39, 0.29) is 18.2 Å². The van der Waals surface area contributed by atoms with Gasteiger partial charge in [0.2, 0.25) is 6.29 Å². The Balaban J connectivity index is 1.25. The van der Waals surface area contributed by atoms with Gasteiger partial charge in [0.25, 0.3) is 0 Å². The van der Waals surface area contributed by atoms with Gasteiger partial charge in [0, 0.05) is 24.9 Å². The number of amides is 1. The molecule has 292 valence electrons. The zero-order chi connectivity index (χ0) is 39.2. The maximum absolute atomic E-state index is 13.3. The topological polar surface area (TPSA) is 198 Å². The number of carbonyl (C=O) groups excluding carboxylic acids is 2. The molecule has 1 fully saturated rings. The second-order valence-electron chi connectivity index (χ2n) is 13.8. The highest BCUT2D eigenvalue weighted by molar-refractivity contribution is 6.10. The Kier molecular flexibility index (Phi) is 12.6. The molecule has 15 heteroatoms. The van der Waals surface area contributed by atoms with Gasteiger partial charge in [-0.1, -0.05) is 49.7 Å². The van der Waals surface area contributed by atoms with Crippen molar-refractivity contribution in [1.82, 2.24) is 19.4 Å². The molecule has 0 bridgehead atoms. The number of aliphatic hydroxyl groups excluding tert-OH is 4. The number of rotatable bonds is 14. The van der Waals surface area contributed by atoms with Crippen LogP contribution in [0.4, 0.5) is 10.6 Å². The smallest absolute Gasteiger partial charge is 0.413 e. The Morgan fingerprint density at radius 1 is 0.927 bits per heavy atom. The summed E-state index contributed by atoms with van der Waals surface area (Å²) in [5, 5.41) is 43.3. The van der Waals surface area contributed by atoms with E-state index in [0.29, 0.717) is 35.1 Å². The Bertz CT molecular complexity index is 2100. The molecule has 0 unspecified atom stereocenters. The lowest BCUT2D eigenvalue weighted by molar-refractivity contribution is -0.277. The van der Waals surface area contributed by atoms with Crippen molar-refractivity contribution in [1.29, 1.82) is 0 Å². The van der Waals surface area contributed by atoms with E-state index in [0.717, 1.165) is 41.7 Å². The van der Waals surface area contributed by atoms with E-state index in [9.17, 15) is 30.0 Å². The van der Waals surface area contributed by atoms with Crippen molar-refractivity contribution in [2.45, 2.75) is 76.6 Å². The number of methoxy groups -OCH3 is 1. The molecule has 55 heavy (non-hydrogen) atoms. The molecule has 6 rings (SSSR count). The summed E-state index contributed by atoms with van der Waals surface area (Å²) in [7, 11) is 5.37. The van der Waals surface area contributed by atoms with E-state index in [1.54, 1.807) is 36.4 Å². The first kappa shape index (κ1) is 39.5. The van der Waals surface area contributed by atoms with Gasteiger partial charge in [-0.2, -0.15) is 0 Å². The Hall–Kier alpha value is -5.16. The molecule has 1 aliphatic rings. The van der Waals surface area contributed by atoms with Gasteiger partial charge in [-0.3, -0.25) is 5.32 Å². The summed E-state index contributed by atoms with van der Waals surface area (Å²) >= 11 is 0. The Morgan fingerprint density at radius 2 is 1.64 bits per heavy atom. The van der Waals surface area contributed by atoms with Crippen LogP contribution in [-0.4, -0.2) is 110 Å². The van der Waals surface area contributed by atoms with E-state index in [4.69, 9.17) is 28.9 Å². The molecule has 0 spiro atoms. The Labute approximate surface area is 318 Å². The molecule has 1 amide bonds. The van der Waals surface area contributed by atoms with E-state index in [1.807, 2.05) is 20.2 Å². The quantitative estimate of drug-likeness (QED) is 0.103. The van der Waals surface area contributed by atoms with Crippen molar-refractivity contribution in [3.63, 3.8) is 0 Å². The predicted molar refractivity (Wildman–Crippen MR) is 203 cm³/mol. The van der Waals surface area contributed by atoms with Crippen LogP contribution in [0.25, 0.3) is 21.9 Å². The summed E-state index contributed by atoms with van der Waals surface area (Å²) in [4.78, 5) is 37.7. The van der Waals surface area contributed by atoms with Crippen LogP contribution in [0.2, 0.25) is 0 Å². The van der Waals surface area contributed by atoms with Crippen molar-refractivity contribution in [2.24, 2.45) is 0 Å². The minimum Gasteiger partial charge on any atom is -0.465 e. The summed E-state index contributed by atoms with van der Waals surface area (Å²) in [5.41, 5.74) is 4.90. The minimum absolute atomic E-state index is 0.116. The number of carbonyl (C=O) groups is 2. The van der Waals surface area contributed by atoms with Gasteiger partial charge in [-0.05, 0) is 67.5 Å². The number of hydrogen-bond donors (Lipinski definition) is 5. The van der Waals surface area contributed by atoms with Crippen LogP contribution >= 0.6 is 0 Å². The number of aliphatic hydroxyl groups is 4. The zero-order valence-electron chi connectivity index (χ0n) is 31.2. The van der Waals surface area contributed by atoms with Crippen molar-refractivity contribution >= 4 is 39.8 Å². The molecular weight excluding hydrogens is 710 g/mol. The third-order valence-electron chi connectivity index (χ3n) is 9.41. The molecule has 15 nitrogen and oxygen atoms in total. The summed E-state index contributed by atoms with van der Waals surface area (Å²) in [6, 6.07) is 20.0. The summed E-state index contributed by atoms with van der Waals surface area (Å²) in [6.45, 7) is 2.77. The highest BCUT2D eigenvalue weighted by Gasteiger charge is 2.44. The zero-order valence-corrected chi connectivity index (χ0v) is 31.2. The summed E-state index contributed by atoms with van der Waals surface area (Å²) in [5.74, 6) is 0.765. The van der Waals surface area contributed by atoms with Gasteiger partial charge < -0.3 is 48.8 Å². The van der Waals surface area contributed by atoms with Crippen LogP contribution in [0.1, 0.15) is 52.6 Å². The van der Waals surface area contributed by atoms with Crippen LogP contribution in [0, 0.1) is 0 Å². The van der Waals surface area contributed by atoms with Crippen molar-refractivity contribution in [3.05, 3.63) is 94.8 Å². The standard InChI is InChI=1S/C40H47N5O10/c1-5-6-7-31-42-32-33(45(31)20-24-10-8-23(9-11-24)19-44(2)3)28-17-14-26(38(50)52-4)18-29(28)41-37(32)43-40(51)53-22-25-12-15-27(16-13-25)54-39-36(49)35(48)34(47)30(21-46)55-39/h8-18,30,34-36,39,46-49H,5-7,19-22H2,1-4H3,(H,41,43,51)/t30-,34-,35+,36+,39+/m1/s1. The molecule has 0 aliphatic carbocycles. The number of nitrogens with one attached hydrogen (secondary N) is 1. The molecular formula is C40H47N5O10. The molecule has 5 atom stereocenters. The highest BCUT2D eigenvalue weighted by atomic mass is 16.7. The number of benzene rings is 3. The lowest BCUT2D eigenvalue weighted by Gasteiger charge is -2.39. The fourth-order valence-electron chi connectivity index (χ4n) is 6.51. The average Bonchev–Trinajstić information content (AvgIpc) is 3.55. The molecule has 2 aromatic heterocycles. The van der Waals surface area contributed by atoms with Crippen molar-refractivity contribution < 1.29 is 49.0 Å². The number of unbranched alkanes of at least 4 members (excludes halogenated alkanes) is 1. The number of ether oxygens (including phenoxy) is 4. The molecule has 0 radical (unpaired) electrons. The molecule has 5 N–H and O–H groups in total. The van der Waals surface area contributed by atoms with E-state index < -0.39 is 49.4 Å². The molecule has 0 saturated carbocycles. The maximum Gasteiger partial charge on any atom is 0.413 e. The second kappa shape index (κ2) is 17.5. The fourth-order valence-corrected chi connectivity index (χ4v) is 6.51. The van der Waals surface area contributed by atoms with Crippen molar-refractivity contribution in [3.8, 4) is 5.75 Å². The van der Waals surface area contributed by atoms with E-state index >= 15 is 0 Å². The number of anilines is 1. The SMILES string of the molecule is CCCCc1nc2c(NC(=O)OCc3ccc(O[C@H]4O[C@H](CO)[C@@H](O)[C@H](O)[C@@H]4O)cc3)nc3cc(C(=O)OC)ccc3c2n1Cc1ccc(CN(C)C)cc1. The highest BCUT2D eigenvalue weighted by Crippen LogP contribution is 2.33. The second-order valence-corrected chi connectivity index (χ2v) is 13.8. The van der Waals surface area contributed by atoms with Crippen molar-refractivity contribution in [2.75, 3.05) is 33.1 Å². The average molecular weight is 758 g/mol. The fraction of sp³-hybridized carbons (Fsp3) is 0.400. The van der Waals surface area contributed by atoms with E-state index in [2.05, 4.69) is 46.0 Å². The molecule has 1 saturated heterocycles. The number of imidazole rings is 1. The molecule has 5 aromatic rings. The van der Waals surface area contributed by atoms with Crippen LogP contribution in [0.15, 0.2) is 66.7 Å². The van der Waals surface area contributed by atoms with Gasteiger partial charge in [-0.25, -0.2) is 19.6 Å². The van der Waals surface area contributed by atoms with Crippen LogP contribution < -0.4 is 10.1 Å². The monoisotopic (exact) mass is 757 g/mol. The van der Waals surface area contributed by atoms with Crippen LogP contribution in [0.5, 0.6) is 5.75 Å². The normalized spacial score (nSPS) is 19.8. The Morgan fingerprint density at radius 3 is 2.31 bits per heavy atom. The lowest BCUT2D eigenvalue weighted by atomic mass is 9.99. The van der Waals surface area contributed by atoms with Gasteiger partial charge in [0.05, 0.1) is 30.3 Å². The van der Waals surface area contributed by atoms with Crippen LogP contribution in [0.3, 0.4) is 0 Å². The molecule has 3 heterocycles. The predicted octanol–water partition coefficient (Wildman–Crippen LogP) is 3.75. The van der Waals surface area contributed by atoms with E-state index in [1.165, 1.54) is 12.7 Å². The summed E-state index contributed by atoms with van der Waals surface area (Å²) < 4.78 is 23.7. The van der Waals surface area contributed by atoms with Gasteiger partial charge >= 0.3 is 12.1 Å². The number of fused-ring (bicyclic) bond motifs is 3. The maximum atomic E-state index is 13.3. The van der Waals surface area contributed by atoms with Crippen LogP contribution in [-0.2, 0) is 40.3 Å². The largest absolute Gasteiger partial charge is 0.465 e. The van der Waals surface area contributed by atoms with Gasteiger partial charge in [0.15, 0.2) is 5.82 Å². The number of hydrogen-bond acceptors (Lipinski definition) is 13. The first-order valence-electron chi connectivity index (χ1n) is 18.1. The minimum atomic E-state index is -1.57. The summed E-state index contributed by atoms with van der Waals surface area (Å²) in [6.07, 6.45) is -5.28. The first-order chi connectivity index (χ1) is 26.5. The lowest BCUT2D eigenvalue weighted by Crippen LogP contribution is -2.60. The number of esters is 1.